The van der Waals surface area contributed by atoms with Crippen molar-refractivity contribution >= 4 is 5.96 Å². The molecule has 1 heterocycles. The summed E-state index contributed by atoms with van der Waals surface area (Å²) in [5.74, 6) is 1.44. The van der Waals surface area contributed by atoms with Gasteiger partial charge in [0.1, 0.15) is 0 Å². The molecule has 0 aliphatic carbocycles. The Balaban J connectivity index is 2.98. The molecule has 1 aliphatic heterocycles. The number of nitrogens with zero attached hydrogens (tertiary/aromatic N) is 4. The highest BCUT2D eigenvalue weighted by Gasteiger charge is 2.27. The van der Waals surface area contributed by atoms with Gasteiger partial charge in [-0.25, -0.2) is 0 Å². The normalized spacial score (nSPS) is 16.8. The third-order valence-electron chi connectivity index (χ3n) is 3.88. The van der Waals surface area contributed by atoms with Gasteiger partial charge in [0.15, 0.2) is 0 Å². The van der Waals surface area contributed by atoms with Crippen LogP contribution in [-0.4, -0.2) is 84.6 Å². The minimum Gasteiger partial charge on any atom is -0.300 e. The largest absolute Gasteiger partial charge is 0.350 e. The lowest BCUT2D eigenvalue weighted by atomic mass is 10.3. The van der Waals surface area contributed by atoms with Crippen molar-refractivity contribution in [3.05, 3.63) is 0 Å². The summed E-state index contributed by atoms with van der Waals surface area (Å²) in [4.78, 5) is 7.41. The minimum absolute atomic E-state index is 1.09. The molecule has 0 aromatic heterocycles. The summed E-state index contributed by atoms with van der Waals surface area (Å²) in [6.07, 6.45) is 0. The number of guanidine groups is 1. The maximum atomic E-state index is 2.57. The first-order valence-electron chi connectivity index (χ1n) is 7.48. The summed E-state index contributed by atoms with van der Waals surface area (Å²) in [5, 5.41) is 0. The maximum absolute atomic E-state index is 2.57. The van der Waals surface area contributed by atoms with E-state index < -0.39 is 0 Å². The Labute approximate surface area is 113 Å². The summed E-state index contributed by atoms with van der Waals surface area (Å²) in [6, 6.07) is 0. The molecule has 18 heavy (non-hydrogen) atoms. The van der Waals surface area contributed by atoms with E-state index in [0.717, 1.165) is 39.3 Å². The van der Waals surface area contributed by atoms with E-state index in [-0.39, 0.29) is 0 Å². The molecule has 0 N–H and O–H groups in total. The van der Waals surface area contributed by atoms with Crippen molar-refractivity contribution in [1.29, 1.82) is 0 Å². The second kappa shape index (κ2) is 7.62. The van der Waals surface area contributed by atoms with Crippen molar-refractivity contribution in [2.24, 2.45) is 0 Å². The Morgan fingerprint density at radius 3 is 1.61 bits per heavy atom. The third kappa shape index (κ3) is 3.61. The highest BCUT2D eigenvalue weighted by atomic mass is 15.4. The van der Waals surface area contributed by atoms with E-state index in [1.807, 2.05) is 0 Å². The maximum Gasteiger partial charge on any atom is 0.350 e. The van der Waals surface area contributed by atoms with E-state index in [1.54, 1.807) is 0 Å². The molecule has 0 amide bonds. The van der Waals surface area contributed by atoms with Crippen LogP contribution in [0.2, 0.25) is 0 Å². The summed E-state index contributed by atoms with van der Waals surface area (Å²) < 4.78 is 2.57. The van der Waals surface area contributed by atoms with Crippen LogP contribution in [0.1, 0.15) is 27.7 Å². The molecule has 0 atom stereocenters. The van der Waals surface area contributed by atoms with Crippen LogP contribution in [0.4, 0.5) is 0 Å². The lowest BCUT2D eigenvalue weighted by Gasteiger charge is -2.32. The van der Waals surface area contributed by atoms with Crippen molar-refractivity contribution < 1.29 is 4.58 Å². The first kappa shape index (κ1) is 15.3. The van der Waals surface area contributed by atoms with Crippen LogP contribution in [-0.2, 0) is 0 Å². The van der Waals surface area contributed by atoms with E-state index >= 15 is 0 Å². The molecule has 0 aromatic rings. The Kier molecular flexibility index (Phi) is 6.47. The monoisotopic (exact) mass is 255 g/mol. The molecule has 0 bridgehead atoms. The van der Waals surface area contributed by atoms with Gasteiger partial charge in [0.2, 0.25) is 0 Å². The molecule has 0 unspecified atom stereocenters. The molecule has 0 radical (unpaired) electrons. The fraction of sp³-hybridized carbons (Fsp3) is 0.929. The Bertz CT molecular complexity index is 243. The summed E-state index contributed by atoms with van der Waals surface area (Å²) in [5.41, 5.74) is 0. The molecule has 0 saturated carbocycles. The van der Waals surface area contributed by atoms with Gasteiger partial charge in [0, 0.05) is 13.1 Å². The average Bonchev–Trinajstić information content (AvgIpc) is 2.40. The highest BCUT2D eigenvalue weighted by Crippen LogP contribution is 2.03. The average molecular weight is 255 g/mol. The van der Waals surface area contributed by atoms with Gasteiger partial charge in [-0.2, -0.15) is 0 Å². The molecule has 0 spiro atoms. The van der Waals surface area contributed by atoms with Gasteiger partial charge in [0.05, 0.1) is 39.3 Å². The lowest BCUT2D eigenvalue weighted by Crippen LogP contribution is -2.53. The zero-order valence-corrected chi connectivity index (χ0v) is 12.9. The van der Waals surface area contributed by atoms with Crippen LogP contribution in [0.5, 0.6) is 0 Å². The van der Waals surface area contributed by atoms with Crippen molar-refractivity contribution in [2.45, 2.75) is 27.7 Å². The van der Waals surface area contributed by atoms with E-state index in [9.17, 15) is 0 Å². The van der Waals surface area contributed by atoms with E-state index in [1.165, 1.54) is 19.0 Å². The molecule has 106 valence electrons. The van der Waals surface area contributed by atoms with Gasteiger partial charge >= 0.3 is 5.96 Å². The number of hydrogen-bond donors (Lipinski definition) is 0. The van der Waals surface area contributed by atoms with Crippen molar-refractivity contribution in [2.75, 3.05) is 59.4 Å². The first-order chi connectivity index (χ1) is 8.67. The molecular formula is C14H31N4+. The molecule has 1 saturated heterocycles. The van der Waals surface area contributed by atoms with Crippen LogP contribution in [0.25, 0.3) is 0 Å². The number of rotatable bonds is 4. The number of likely N-dealkylation sites (N-methyl/N-ethyl adjacent to an activating group) is 1. The Hall–Kier alpha value is -0.770. The molecule has 4 nitrogen and oxygen atoms in total. The Morgan fingerprint density at radius 1 is 0.889 bits per heavy atom. The predicted octanol–water partition coefficient (Wildman–Crippen LogP) is 0.984. The molecular weight excluding hydrogens is 224 g/mol. The zero-order chi connectivity index (χ0) is 13.5. The smallest absolute Gasteiger partial charge is 0.300 e. The fourth-order valence-corrected chi connectivity index (χ4v) is 2.62. The predicted molar refractivity (Wildman–Crippen MR) is 78.3 cm³/mol. The molecule has 1 fully saturated rings. The molecule has 0 aromatic carbocycles. The van der Waals surface area contributed by atoms with Gasteiger partial charge in [-0.3, -0.25) is 14.4 Å². The lowest BCUT2D eigenvalue weighted by molar-refractivity contribution is -0.548. The van der Waals surface area contributed by atoms with Gasteiger partial charge in [-0.05, 0) is 34.7 Å². The minimum atomic E-state index is 1.09. The van der Waals surface area contributed by atoms with Crippen LogP contribution < -0.4 is 0 Å². The topological polar surface area (TPSA) is 12.7 Å². The number of piperazine rings is 1. The number of hydrogen-bond acceptors (Lipinski definition) is 1. The van der Waals surface area contributed by atoms with E-state index in [0.29, 0.717) is 0 Å². The SMILES string of the molecule is CCN(CC)C(N(CC)CC)=[N+]1CCN(C)CC1. The van der Waals surface area contributed by atoms with Gasteiger partial charge in [-0.15, -0.1) is 0 Å². The van der Waals surface area contributed by atoms with Crippen molar-refractivity contribution in [1.82, 2.24) is 14.7 Å². The van der Waals surface area contributed by atoms with Crippen molar-refractivity contribution in [3.63, 3.8) is 0 Å². The Morgan fingerprint density at radius 2 is 1.28 bits per heavy atom. The standard InChI is InChI=1S/C14H31N4/c1-6-16(7-2)14(17(8-3)9-4)18-12-10-15(5)11-13-18/h6-13H2,1-5H3/q+1. The quantitative estimate of drug-likeness (QED) is 0.549. The first-order valence-corrected chi connectivity index (χ1v) is 7.48. The second-order valence-corrected chi connectivity index (χ2v) is 4.93. The van der Waals surface area contributed by atoms with E-state index in [4.69, 9.17) is 0 Å². The molecule has 4 heteroatoms. The van der Waals surface area contributed by atoms with Gasteiger partial charge in [-0.1, -0.05) is 0 Å². The van der Waals surface area contributed by atoms with Gasteiger partial charge < -0.3 is 4.90 Å². The van der Waals surface area contributed by atoms with Crippen LogP contribution in [0.15, 0.2) is 0 Å². The molecule has 1 rings (SSSR count). The van der Waals surface area contributed by atoms with E-state index in [2.05, 4.69) is 54.0 Å². The summed E-state index contributed by atoms with van der Waals surface area (Å²) >= 11 is 0. The summed E-state index contributed by atoms with van der Waals surface area (Å²) in [7, 11) is 2.21. The van der Waals surface area contributed by atoms with Crippen LogP contribution >= 0.6 is 0 Å². The van der Waals surface area contributed by atoms with Gasteiger partial charge in [0.25, 0.3) is 0 Å². The molecule has 1 aliphatic rings. The highest BCUT2D eigenvalue weighted by molar-refractivity contribution is 5.75. The van der Waals surface area contributed by atoms with Crippen molar-refractivity contribution in [3.8, 4) is 0 Å². The second-order valence-electron chi connectivity index (χ2n) is 4.93. The van der Waals surface area contributed by atoms with Crippen LogP contribution in [0.3, 0.4) is 0 Å². The summed E-state index contributed by atoms with van der Waals surface area (Å²) in [6.45, 7) is 18.0. The fourth-order valence-electron chi connectivity index (χ4n) is 2.62. The zero-order valence-electron chi connectivity index (χ0n) is 12.9. The third-order valence-corrected chi connectivity index (χ3v) is 3.88. The van der Waals surface area contributed by atoms with Crippen LogP contribution in [0, 0.1) is 0 Å².